The Balaban J connectivity index is 2.13. The summed E-state index contributed by atoms with van der Waals surface area (Å²) in [6.07, 6.45) is 1.41. The van der Waals surface area contributed by atoms with Crippen LogP contribution in [0.15, 0.2) is 18.2 Å². The number of carbonyl (C=O) groups excluding carboxylic acids is 1. The molecule has 1 aromatic rings. The van der Waals surface area contributed by atoms with E-state index in [4.69, 9.17) is 0 Å². The van der Waals surface area contributed by atoms with E-state index < -0.39 is 0 Å². The van der Waals surface area contributed by atoms with Crippen LogP contribution in [0.1, 0.15) is 17.5 Å². The van der Waals surface area contributed by atoms with Crippen molar-refractivity contribution in [2.45, 2.75) is 19.4 Å². The van der Waals surface area contributed by atoms with Crippen LogP contribution in [0.3, 0.4) is 0 Å². The first-order valence-corrected chi connectivity index (χ1v) is 6.47. The van der Waals surface area contributed by atoms with E-state index in [2.05, 4.69) is 15.9 Å². The zero-order chi connectivity index (χ0) is 11.5. The lowest BCUT2D eigenvalue weighted by Gasteiger charge is -2.28. The molecule has 0 saturated carbocycles. The van der Waals surface area contributed by atoms with Gasteiger partial charge < -0.3 is 10.0 Å². The summed E-state index contributed by atoms with van der Waals surface area (Å²) in [4.78, 5) is 13.6. The summed E-state index contributed by atoms with van der Waals surface area (Å²) < 4.78 is 0. The standard InChI is InChI=1S/C12H14BrNO2/c13-5-3-12(16)14-6-4-9-1-2-11(15)7-10(9)8-14/h1-2,7,15H,3-6,8H2. The quantitative estimate of drug-likeness (QED) is 0.844. The zero-order valence-corrected chi connectivity index (χ0v) is 10.5. The molecule has 16 heavy (non-hydrogen) atoms. The van der Waals surface area contributed by atoms with Gasteiger partial charge in [0.1, 0.15) is 5.75 Å². The Hall–Kier alpha value is -1.03. The predicted octanol–water partition coefficient (Wildman–Crippen LogP) is 2.06. The molecule has 86 valence electrons. The fraction of sp³-hybridized carbons (Fsp3) is 0.417. The first-order chi connectivity index (χ1) is 7.70. The molecule has 0 aromatic heterocycles. The highest BCUT2D eigenvalue weighted by Crippen LogP contribution is 2.23. The molecule has 0 radical (unpaired) electrons. The van der Waals surface area contributed by atoms with Crippen LogP contribution in [0, 0.1) is 0 Å². The molecule has 1 heterocycles. The fourth-order valence-corrected chi connectivity index (χ4v) is 2.33. The zero-order valence-electron chi connectivity index (χ0n) is 8.95. The van der Waals surface area contributed by atoms with Gasteiger partial charge in [-0.05, 0) is 29.7 Å². The molecule has 1 N–H and O–H groups in total. The minimum absolute atomic E-state index is 0.172. The Bertz CT molecular complexity index is 406. The minimum Gasteiger partial charge on any atom is -0.508 e. The average Bonchev–Trinajstić information content (AvgIpc) is 2.28. The highest BCUT2D eigenvalue weighted by molar-refractivity contribution is 9.09. The van der Waals surface area contributed by atoms with E-state index >= 15 is 0 Å². The number of halogens is 1. The number of phenols is 1. The van der Waals surface area contributed by atoms with Crippen molar-refractivity contribution < 1.29 is 9.90 Å². The Kier molecular flexibility index (Phi) is 3.49. The van der Waals surface area contributed by atoms with Crippen molar-refractivity contribution in [1.82, 2.24) is 4.90 Å². The van der Waals surface area contributed by atoms with Crippen molar-refractivity contribution in [3.8, 4) is 5.75 Å². The molecule has 0 bridgehead atoms. The van der Waals surface area contributed by atoms with E-state index in [0.29, 0.717) is 18.3 Å². The molecule has 0 saturated heterocycles. The van der Waals surface area contributed by atoms with Gasteiger partial charge in [0, 0.05) is 24.8 Å². The molecule has 0 aliphatic carbocycles. The maximum atomic E-state index is 11.7. The number of rotatable bonds is 2. The number of phenolic OH excluding ortho intramolecular Hbond substituents is 1. The molecule has 1 aromatic carbocycles. The first kappa shape index (κ1) is 11.5. The lowest BCUT2D eigenvalue weighted by atomic mass is 9.99. The van der Waals surface area contributed by atoms with Crippen molar-refractivity contribution in [2.75, 3.05) is 11.9 Å². The number of hydrogen-bond acceptors (Lipinski definition) is 2. The van der Waals surface area contributed by atoms with Crippen molar-refractivity contribution in [1.29, 1.82) is 0 Å². The number of alkyl halides is 1. The summed E-state index contributed by atoms with van der Waals surface area (Å²) in [7, 11) is 0. The molecule has 2 rings (SSSR count). The van der Waals surface area contributed by atoms with E-state index in [0.717, 1.165) is 18.5 Å². The van der Waals surface area contributed by atoms with E-state index in [1.54, 1.807) is 12.1 Å². The summed E-state index contributed by atoms with van der Waals surface area (Å²) in [5, 5.41) is 10.1. The summed E-state index contributed by atoms with van der Waals surface area (Å²) >= 11 is 3.27. The highest BCUT2D eigenvalue weighted by atomic mass is 79.9. The third kappa shape index (κ3) is 2.38. The topological polar surface area (TPSA) is 40.5 Å². The molecule has 3 nitrogen and oxygen atoms in total. The van der Waals surface area contributed by atoms with Gasteiger partial charge in [0.15, 0.2) is 0 Å². The number of carbonyl (C=O) groups is 1. The van der Waals surface area contributed by atoms with Crippen LogP contribution in [0.25, 0.3) is 0 Å². The molecule has 1 aliphatic rings. The third-order valence-corrected chi connectivity index (χ3v) is 3.26. The summed E-state index contributed by atoms with van der Waals surface area (Å²) in [6.45, 7) is 1.40. The second-order valence-corrected chi connectivity index (χ2v) is 4.75. The van der Waals surface area contributed by atoms with Gasteiger partial charge in [0.25, 0.3) is 0 Å². The van der Waals surface area contributed by atoms with Crippen LogP contribution >= 0.6 is 15.9 Å². The largest absolute Gasteiger partial charge is 0.508 e. The molecule has 0 fully saturated rings. The van der Waals surface area contributed by atoms with E-state index in [9.17, 15) is 9.90 Å². The number of aromatic hydroxyl groups is 1. The first-order valence-electron chi connectivity index (χ1n) is 5.35. The summed E-state index contributed by atoms with van der Waals surface area (Å²) in [5.41, 5.74) is 2.30. The highest BCUT2D eigenvalue weighted by Gasteiger charge is 2.20. The number of amides is 1. The van der Waals surface area contributed by atoms with Gasteiger partial charge in [-0.1, -0.05) is 22.0 Å². The van der Waals surface area contributed by atoms with Gasteiger partial charge in [-0.2, -0.15) is 0 Å². The Labute approximate surface area is 103 Å². The van der Waals surface area contributed by atoms with Crippen molar-refractivity contribution >= 4 is 21.8 Å². The van der Waals surface area contributed by atoms with Crippen molar-refractivity contribution in [2.24, 2.45) is 0 Å². The molecule has 1 aliphatic heterocycles. The number of benzene rings is 1. The van der Waals surface area contributed by atoms with Crippen LogP contribution in [-0.4, -0.2) is 27.8 Å². The third-order valence-electron chi connectivity index (χ3n) is 2.86. The molecule has 0 atom stereocenters. The lowest BCUT2D eigenvalue weighted by molar-refractivity contribution is -0.131. The minimum atomic E-state index is 0.172. The Morgan fingerprint density at radius 2 is 2.25 bits per heavy atom. The van der Waals surface area contributed by atoms with Crippen molar-refractivity contribution in [3.63, 3.8) is 0 Å². The molecule has 0 spiro atoms. The van der Waals surface area contributed by atoms with E-state index in [-0.39, 0.29) is 11.7 Å². The molecular formula is C12H14BrNO2. The maximum absolute atomic E-state index is 11.7. The van der Waals surface area contributed by atoms with Crippen LogP contribution in [0.5, 0.6) is 5.75 Å². The van der Waals surface area contributed by atoms with Gasteiger partial charge in [0.05, 0.1) is 0 Å². The average molecular weight is 284 g/mol. The maximum Gasteiger partial charge on any atom is 0.223 e. The smallest absolute Gasteiger partial charge is 0.223 e. The van der Waals surface area contributed by atoms with Gasteiger partial charge in [-0.15, -0.1) is 0 Å². The van der Waals surface area contributed by atoms with Crippen LogP contribution in [0.4, 0.5) is 0 Å². The van der Waals surface area contributed by atoms with Gasteiger partial charge in [0.2, 0.25) is 5.91 Å². The Morgan fingerprint density at radius 1 is 1.44 bits per heavy atom. The summed E-state index contributed by atoms with van der Waals surface area (Å²) in [6, 6.07) is 5.40. The number of nitrogens with zero attached hydrogens (tertiary/aromatic N) is 1. The monoisotopic (exact) mass is 283 g/mol. The van der Waals surface area contributed by atoms with Crippen molar-refractivity contribution in [3.05, 3.63) is 29.3 Å². The molecule has 0 unspecified atom stereocenters. The molecular weight excluding hydrogens is 270 g/mol. The fourth-order valence-electron chi connectivity index (χ4n) is 2.00. The Morgan fingerprint density at radius 3 is 3.00 bits per heavy atom. The SMILES string of the molecule is O=C(CCBr)N1CCc2ccc(O)cc2C1. The van der Waals surface area contributed by atoms with Crippen LogP contribution < -0.4 is 0 Å². The molecule has 4 heteroatoms. The van der Waals surface area contributed by atoms with Crippen LogP contribution in [0.2, 0.25) is 0 Å². The second kappa shape index (κ2) is 4.87. The lowest BCUT2D eigenvalue weighted by Crippen LogP contribution is -2.35. The van der Waals surface area contributed by atoms with Gasteiger partial charge in [-0.3, -0.25) is 4.79 Å². The second-order valence-electron chi connectivity index (χ2n) is 3.96. The van der Waals surface area contributed by atoms with E-state index in [1.807, 2.05) is 11.0 Å². The van der Waals surface area contributed by atoms with Gasteiger partial charge >= 0.3 is 0 Å². The molecule has 1 amide bonds. The normalized spacial score (nSPS) is 14.7. The van der Waals surface area contributed by atoms with Gasteiger partial charge in [-0.25, -0.2) is 0 Å². The van der Waals surface area contributed by atoms with E-state index in [1.165, 1.54) is 5.56 Å². The van der Waals surface area contributed by atoms with Crippen LogP contribution in [-0.2, 0) is 17.8 Å². The predicted molar refractivity (Wildman–Crippen MR) is 65.6 cm³/mol. The number of fused-ring (bicyclic) bond motifs is 1. The number of hydrogen-bond donors (Lipinski definition) is 1. The summed E-state index contributed by atoms with van der Waals surface area (Å²) in [5.74, 6) is 0.444.